The quantitative estimate of drug-likeness (QED) is 0.616. The Kier molecular flexibility index (Phi) is 6.15. The predicted octanol–water partition coefficient (Wildman–Crippen LogP) is 0.670. The molecule has 0 aromatic heterocycles. The molecule has 1 aliphatic rings. The summed E-state index contributed by atoms with van der Waals surface area (Å²) >= 11 is 0. The molecule has 3 nitrogen and oxygen atoms in total. The van der Waals surface area contributed by atoms with Crippen LogP contribution in [-0.4, -0.2) is 50.2 Å². The zero-order valence-electron chi connectivity index (χ0n) is 9.68. The molecule has 14 heavy (non-hydrogen) atoms. The van der Waals surface area contributed by atoms with Gasteiger partial charge in [-0.1, -0.05) is 13.3 Å². The minimum atomic E-state index is 0.689. The molecule has 2 N–H and O–H groups in total. The molecular weight excluding hydrogens is 174 g/mol. The van der Waals surface area contributed by atoms with Crippen molar-refractivity contribution in [2.45, 2.75) is 32.7 Å². The van der Waals surface area contributed by atoms with Crippen molar-refractivity contribution < 1.29 is 0 Å². The van der Waals surface area contributed by atoms with E-state index in [9.17, 15) is 0 Å². The van der Waals surface area contributed by atoms with E-state index in [1.165, 1.54) is 32.5 Å². The summed E-state index contributed by atoms with van der Waals surface area (Å²) in [5, 5.41) is 6.91. The largest absolute Gasteiger partial charge is 0.315 e. The van der Waals surface area contributed by atoms with Crippen molar-refractivity contribution in [1.29, 1.82) is 0 Å². The number of piperazine rings is 1. The third-order valence-corrected chi connectivity index (χ3v) is 2.92. The molecule has 1 heterocycles. The van der Waals surface area contributed by atoms with Crippen LogP contribution in [0.15, 0.2) is 0 Å². The first-order valence-corrected chi connectivity index (χ1v) is 6.00. The van der Waals surface area contributed by atoms with Crippen LogP contribution in [0, 0.1) is 0 Å². The predicted molar refractivity (Wildman–Crippen MR) is 61.7 cm³/mol. The van der Waals surface area contributed by atoms with E-state index in [1.54, 1.807) is 0 Å². The number of rotatable bonds is 6. The second-order valence-corrected chi connectivity index (χ2v) is 4.19. The van der Waals surface area contributed by atoms with Crippen LogP contribution in [0.5, 0.6) is 0 Å². The van der Waals surface area contributed by atoms with Gasteiger partial charge in [-0.3, -0.25) is 4.90 Å². The topological polar surface area (TPSA) is 27.3 Å². The van der Waals surface area contributed by atoms with Gasteiger partial charge in [0.25, 0.3) is 0 Å². The van der Waals surface area contributed by atoms with Gasteiger partial charge in [0.2, 0.25) is 0 Å². The Morgan fingerprint density at radius 1 is 1.36 bits per heavy atom. The van der Waals surface area contributed by atoms with Gasteiger partial charge in [0, 0.05) is 38.8 Å². The fraction of sp³-hybridized carbons (Fsp3) is 1.00. The number of nitrogens with one attached hydrogen (secondary N) is 2. The third-order valence-electron chi connectivity index (χ3n) is 2.92. The lowest BCUT2D eigenvalue weighted by Gasteiger charge is -2.32. The Balaban J connectivity index is 2.04. The van der Waals surface area contributed by atoms with Crippen LogP contribution >= 0.6 is 0 Å². The molecule has 1 aliphatic heterocycles. The zero-order valence-corrected chi connectivity index (χ0v) is 9.68. The fourth-order valence-corrected chi connectivity index (χ4v) is 1.86. The monoisotopic (exact) mass is 199 g/mol. The van der Waals surface area contributed by atoms with Crippen molar-refractivity contribution in [2.24, 2.45) is 0 Å². The van der Waals surface area contributed by atoms with E-state index < -0.39 is 0 Å². The lowest BCUT2D eigenvalue weighted by molar-refractivity contribution is 0.181. The molecule has 0 bridgehead atoms. The van der Waals surface area contributed by atoms with Gasteiger partial charge in [0.05, 0.1) is 0 Å². The minimum absolute atomic E-state index is 0.689. The SMILES string of the molecule is CCCCNCC(C)N1CCNCC1. The van der Waals surface area contributed by atoms with Crippen molar-refractivity contribution in [1.82, 2.24) is 15.5 Å². The smallest absolute Gasteiger partial charge is 0.0193 e. The molecule has 1 rings (SSSR count). The highest BCUT2D eigenvalue weighted by Crippen LogP contribution is 1.99. The zero-order chi connectivity index (χ0) is 10.2. The van der Waals surface area contributed by atoms with E-state index in [2.05, 4.69) is 29.4 Å². The molecular formula is C11H25N3. The van der Waals surface area contributed by atoms with Gasteiger partial charge in [-0.15, -0.1) is 0 Å². The molecule has 0 radical (unpaired) electrons. The fourth-order valence-electron chi connectivity index (χ4n) is 1.86. The summed E-state index contributed by atoms with van der Waals surface area (Å²) in [4.78, 5) is 2.56. The summed E-state index contributed by atoms with van der Waals surface area (Å²) in [6.07, 6.45) is 2.59. The standard InChI is InChI=1S/C11H25N3/c1-3-4-5-13-10-11(2)14-8-6-12-7-9-14/h11-13H,3-10H2,1-2H3. The molecule has 1 unspecified atom stereocenters. The van der Waals surface area contributed by atoms with Crippen LogP contribution in [0.25, 0.3) is 0 Å². The first-order chi connectivity index (χ1) is 6.84. The van der Waals surface area contributed by atoms with Gasteiger partial charge in [0.15, 0.2) is 0 Å². The number of hydrogen-bond acceptors (Lipinski definition) is 3. The maximum Gasteiger partial charge on any atom is 0.0193 e. The van der Waals surface area contributed by atoms with Gasteiger partial charge >= 0.3 is 0 Å². The average molecular weight is 199 g/mol. The number of unbranched alkanes of at least 4 members (excludes halogenated alkanes) is 1. The summed E-state index contributed by atoms with van der Waals surface area (Å²) in [5.41, 5.74) is 0. The molecule has 0 aromatic carbocycles. The normalized spacial score (nSPS) is 21.0. The van der Waals surface area contributed by atoms with Crippen LogP contribution in [-0.2, 0) is 0 Å². The molecule has 1 atom stereocenters. The van der Waals surface area contributed by atoms with Gasteiger partial charge in [-0.2, -0.15) is 0 Å². The van der Waals surface area contributed by atoms with E-state index in [4.69, 9.17) is 0 Å². The van der Waals surface area contributed by atoms with E-state index >= 15 is 0 Å². The summed E-state index contributed by atoms with van der Waals surface area (Å²) in [6.45, 7) is 11.6. The maximum atomic E-state index is 3.52. The highest BCUT2D eigenvalue weighted by Gasteiger charge is 2.15. The summed E-state index contributed by atoms with van der Waals surface area (Å²) in [6, 6.07) is 0.689. The van der Waals surface area contributed by atoms with Crippen molar-refractivity contribution in [3.8, 4) is 0 Å². The van der Waals surface area contributed by atoms with Crippen LogP contribution < -0.4 is 10.6 Å². The van der Waals surface area contributed by atoms with Crippen LogP contribution in [0.3, 0.4) is 0 Å². The Morgan fingerprint density at radius 2 is 2.07 bits per heavy atom. The molecule has 3 heteroatoms. The first-order valence-electron chi connectivity index (χ1n) is 6.00. The van der Waals surface area contributed by atoms with Crippen LogP contribution in [0.4, 0.5) is 0 Å². The van der Waals surface area contributed by atoms with Crippen molar-refractivity contribution in [3.63, 3.8) is 0 Å². The average Bonchev–Trinajstić information content (AvgIpc) is 2.25. The highest BCUT2D eigenvalue weighted by molar-refractivity contribution is 4.74. The first kappa shape index (κ1) is 12.0. The van der Waals surface area contributed by atoms with Crippen molar-refractivity contribution in [3.05, 3.63) is 0 Å². The van der Waals surface area contributed by atoms with E-state index in [1.807, 2.05) is 0 Å². The Hall–Kier alpha value is -0.120. The highest BCUT2D eigenvalue weighted by atomic mass is 15.2. The second-order valence-electron chi connectivity index (χ2n) is 4.19. The van der Waals surface area contributed by atoms with Crippen LogP contribution in [0.2, 0.25) is 0 Å². The van der Waals surface area contributed by atoms with E-state index in [0.717, 1.165) is 19.6 Å². The Morgan fingerprint density at radius 3 is 2.71 bits per heavy atom. The molecule has 1 saturated heterocycles. The number of hydrogen-bond donors (Lipinski definition) is 2. The molecule has 0 aliphatic carbocycles. The molecule has 1 fully saturated rings. The Labute approximate surface area is 88.2 Å². The lowest BCUT2D eigenvalue weighted by Crippen LogP contribution is -2.50. The van der Waals surface area contributed by atoms with Gasteiger partial charge in [0.1, 0.15) is 0 Å². The van der Waals surface area contributed by atoms with Crippen molar-refractivity contribution in [2.75, 3.05) is 39.3 Å². The maximum absolute atomic E-state index is 3.52. The van der Waals surface area contributed by atoms with E-state index in [0.29, 0.717) is 6.04 Å². The second kappa shape index (κ2) is 7.21. The molecule has 0 amide bonds. The lowest BCUT2D eigenvalue weighted by atomic mass is 10.2. The van der Waals surface area contributed by atoms with Crippen LogP contribution in [0.1, 0.15) is 26.7 Å². The Bertz CT molecular complexity index is 132. The van der Waals surface area contributed by atoms with Gasteiger partial charge in [-0.05, 0) is 19.9 Å². The summed E-state index contributed by atoms with van der Waals surface area (Å²) in [7, 11) is 0. The number of nitrogens with zero attached hydrogens (tertiary/aromatic N) is 1. The summed E-state index contributed by atoms with van der Waals surface area (Å²) < 4.78 is 0. The van der Waals surface area contributed by atoms with Gasteiger partial charge < -0.3 is 10.6 Å². The minimum Gasteiger partial charge on any atom is -0.315 e. The van der Waals surface area contributed by atoms with E-state index in [-0.39, 0.29) is 0 Å². The molecule has 0 spiro atoms. The van der Waals surface area contributed by atoms with Crippen molar-refractivity contribution >= 4 is 0 Å². The molecule has 84 valence electrons. The molecule has 0 aromatic rings. The summed E-state index contributed by atoms with van der Waals surface area (Å²) in [5.74, 6) is 0. The molecule has 0 saturated carbocycles. The van der Waals surface area contributed by atoms with Gasteiger partial charge in [-0.25, -0.2) is 0 Å². The third kappa shape index (κ3) is 4.40.